The van der Waals surface area contributed by atoms with E-state index in [-0.39, 0.29) is 12.2 Å². The Balaban J connectivity index is 2.47. The Morgan fingerprint density at radius 2 is 1.87 bits per heavy atom. The maximum absolute atomic E-state index is 11.5. The van der Waals surface area contributed by atoms with Gasteiger partial charge in [-0.3, -0.25) is 9.59 Å². The Bertz CT molecular complexity index is 343. The van der Waals surface area contributed by atoms with Gasteiger partial charge >= 0.3 is 5.97 Å². The largest absolute Gasteiger partial charge is 0.481 e. The van der Waals surface area contributed by atoms with Gasteiger partial charge in [-0.2, -0.15) is 0 Å². The second-order valence-electron chi connectivity index (χ2n) is 3.64. The van der Waals surface area contributed by atoms with E-state index in [1.54, 1.807) is 6.92 Å². The monoisotopic (exact) mass is 206 g/mol. The van der Waals surface area contributed by atoms with E-state index in [1.807, 2.05) is 30.3 Å². The first kappa shape index (κ1) is 11.4. The van der Waals surface area contributed by atoms with Gasteiger partial charge in [0.05, 0.1) is 5.92 Å². The van der Waals surface area contributed by atoms with Gasteiger partial charge in [0.2, 0.25) is 0 Å². The van der Waals surface area contributed by atoms with Crippen molar-refractivity contribution >= 4 is 11.8 Å². The number of carbonyl (C=O) groups is 2. The number of hydrogen-bond donors (Lipinski definition) is 1. The maximum atomic E-state index is 11.5. The minimum absolute atomic E-state index is 0.0314. The third-order valence-electron chi connectivity index (χ3n) is 2.20. The van der Waals surface area contributed by atoms with Gasteiger partial charge in [0, 0.05) is 12.8 Å². The number of Topliss-reactive ketones (excluding diaryl/α,β-unsaturated/α-hetero) is 1. The topological polar surface area (TPSA) is 54.4 Å². The molecule has 1 N–H and O–H groups in total. The van der Waals surface area contributed by atoms with Gasteiger partial charge in [-0.15, -0.1) is 0 Å². The highest BCUT2D eigenvalue weighted by atomic mass is 16.4. The number of ketones is 1. The Hall–Kier alpha value is -1.64. The summed E-state index contributed by atoms with van der Waals surface area (Å²) >= 11 is 0. The fourth-order valence-electron chi connectivity index (χ4n) is 1.32. The van der Waals surface area contributed by atoms with Crippen molar-refractivity contribution in [3.8, 4) is 0 Å². The zero-order valence-electron chi connectivity index (χ0n) is 8.64. The van der Waals surface area contributed by atoms with Crippen LogP contribution in [0.25, 0.3) is 0 Å². The van der Waals surface area contributed by atoms with Crippen LogP contribution in [0.5, 0.6) is 0 Å². The number of benzene rings is 1. The van der Waals surface area contributed by atoms with Gasteiger partial charge in [-0.25, -0.2) is 0 Å². The number of carbonyl (C=O) groups excluding carboxylic acids is 1. The Labute approximate surface area is 88.7 Å². The van der Waals surface area contributed by atoms with Crippen LogP contribution in [0.1, 0.15) is 18.9 Å². The Kier molecular flexibility index (Phi) is 4.03. The van der Waals surface area contributed by atoms with Gasteiger partial charge < -0.3 is 5.11 Å². The van der Waals surface area contributed by atoms with Crippen LogP contribution >= 0.6 is 0 Å². The highest BCUT2D eigenvalue weighted by molar-refractivity contribution is 5.85. The van der Waals surface area contributed by atoms with Gasteiger partial charge in [0.1, 0.15) is 5.78 Å². The molecule has 0 radical (unpaired) electrons. The highest BCUT2D eigenvalue weighted by Gasteiger charge is 2.15. The summed E-state index contributed by atoms with van der Waals surface area (Å²) in [4.78, 5) is 22.0. The molecule has 0 fully saturated rings. The van der Waals surface area contributed by atoms with Gasteiger partial charge in [-0.1, -0.05) is 37.3 Å². The number of hydrogen-bond acceptors (Lipinski definition) is 2. The molecule has 0 bridgehead atoms. The molecule has 1 aromatic carbocycles. The van der Waals surface area contributed by atoms with Crippen LogP contribution in [0, 0.1) is 5.92 Å². The molecule has 0 aliphatic rings. The first-order valence-corrected chi connectivity index (χ1v) is 4.88. The molecule has 0 saturated heterocycles. The zero-order chi connectivity index (χ0) is 11.3. The molecule has 1 unspecified atom stereocenters. The minimum atomic E-state index is -0.920. The van der Waals surface area contributed by atoms with E-state index in [9.17, 15) is 9.59 Å². The lowest BCUT2D eigenvalue weighted by molar-refractivity contribution is -0.143. The van der Waals surface area contributed by atoms with E-state index in [4.69, 9.17) is 5.11 Å². The van der Waals surface area contributed by atoms with E-state index >= 15 is 0 Å². The first-order chi connectivity index (χ1) is 7.09. The average Bonchev–Trinajstić information content (AvgIpc) is 2.18. The Morgan fingerprint density at radius 3 is 2.40 bits per heavy atom. The predicted octanol–water partition coefficient (Wildman–Crippen LogP) is 1.91. The van der Waals surface area contributed by atoms with Crippen LogP contribution in [-0.4, -0.2) is 16.9 Å². The maximum Gasteiger partial charge on any atom is 0.306 e. The van der Waals surface area contributed by atoms with E-state index in [0.29, 0.717) is 6.42 Å². The summed E-state index contributed by atoms with van der Waals surface area (Å²) in [6.07, 6.45) is 0.419. The summed E-state index contributed by atoms with van der Waals surface area (Å²) in [7, 11) is 0. The normalized spacial score (nSPS) is 12.1. The molecule has 0 aromatic heterocycles. The molecule has 80 valence electrons. The van der Waals surface area contributed by atoms with E-state index in [0.717, 1.165) is 5.56 Å². The molecule has 0 aliphatic carbocycles. The lowest BCUT2D eigenvalue weighted by Crippen LogP contribution is -2.15. The third kappa shape index (κ3) is 3.94. The van der Waals surface area contributed by atoms with Crippen molar-refractivity contribution in [1.29, 1.82) is 0 Å². The second-order valence-corrected chi connectivity index (χ2v) is 3.64. The van der Waals surface area contributed by atoms with Crippen molar-refractivity contribution in [2.24, 2.45) is 5.92 Å². The summed E-state index contributed by atoms with van der Waals surface area (Å²) in [6.45, 7) is 1.55. The van der Waals surface area contributed by atoms with Crippen LogP contribution in [0.15, 0.2) is 30.3 Å². The fraction of sp³-hybridized carbons (Fsp3) is 0.333. The standard InChI is InChI=1S/C12H14O3/c1-9(12(14)15)7-11(13)8-10-5-3-2-4-6-10/h2-6,9H,7-8H2,1H3,(H,14,15). The van der Waals surface area contributed by atoms with Crippen molar-refractivity contribution in [1.82, 2.24) is 0 Å². The van der Waals surface area contributed by atoms with Crippen LogP contribution in [-0.2, 0) is 16.0 Å². The summed E-state index contributed by atoms with van der Waals surface area (Å²) in [6, 6.07) is 9.34. The molecular formula is C12H14O3. The first-order valence-electron chi connectivity index (χ1n) is 4.88. The van der Waals surface area contributed by atoms with Gasteiger partial charge in [-0.05, 0) is 5.56 Å². The Morgan fingerprint density at radius 1 is 1.27 bits per heavy atom. The number of aliphatic carboxylic acids is 1. The summed E-state index contributed by atoms with van der Waals surface area (Å²) in [5.41, 5.74) is 0.931. The molecule has 0 spiro atoms. The molecule has 0 heterocycles. The highest BCUT2D eigenvalue weighted by Crippen LogP contribution is 2.07. The number of rotatable bonds is 5. The quantitative estimate of drug-likeness (QED) is 0.800. The van der Waals surface area contributed by atoms with Gasteiger partial charge in [0.25, 0.3) is 0 Å². The SMILES string of the molecule is CC(CC(=O)Cc1ccccc1)C(=O)O. The molecule has 3 nitrogen and oxygen atoms in total. The lowest BCUT2D eigenvalue weighted by Gasteiger charge is -2.04. The van der Waals surface area contributed by atoms with Crippen molar-refractivity contribution in [3.05, 3.63) is 35.9 Å². The van der Waals surface area contributed by atoms with Gasteiger partial charge in [0.15, 0.2) is 0 Å². The van der Waals surface area contributed by atoms with Crippen molar-refractivity contribution in [3.63, 3.8) is 0 Å². The van der Waals surface area contributed by atoms with E-state index < -0.39 is 11.9 Å². The molecule has 3 heteroatoms. The average molecular weight is 206 g/mol. The number of carboxylic acids is 1. The van der Waals surface area contributed by atoms with Crippen LogP contribution < -0.4 is 0 Å². The number of carboxylic acid groups (broad SMARTS) is 1. The van der Waals surface area contributed by atoms with Crippen LogP contribution in [0.4, 0.5) is 0 Å². The lowest BCUT2D eigenvalue weighted by atomic mass is 10.00. The van der Waals surface area contributed by atoms with Crippen LogP contribution in [0.2, 0.25) is 0 Å². The second kappa shape index (κ2) is 5.29. The molecule has 15 heavy (non-hydrogen) atoms. The summed E-state index contributed by atoms with van der Waals surface area (Å²) in [5, 5.41) is 8.64. The molecular weight excluding hydrogens is 192 g/mol. The predicted molar refractivity (Wildman–Crippen MR) is 56.6 cm³/mol. The molecule has 0 aliphatic heterocycles. The fourth-order valence-corrected chi connectivity index (χ4v) is 1.32. The van der Waals surface area contributed by atoms with Crippen LogP contribution in [0.3, 0.4) is 0 Å². The third-order valence-corrected chi connectivity index (χ3v) is 2.20. The zero-order valence-corrected chi connectivity index (χ0v) is 8.64. The van der Waals surface area contributed by atoms with E-state index in [1.165, 1.54) is 0 Å². The van der Waals surface area contributed by atoms with E-state index in [2.05, 4.69) is 0 Å². The molecule has 0 saturated carbocycles. The smallest absolute Gasteiger partial charge is 0.306 e. The molecule has 0 amide bonds. The van der Waals surface area contributed by atoms with Crippen molar-refractivity contribution in [2.45, 2.75) is 19.8 Å². The summed E-state index contributed by atoms with van der Waals surface area (Å²) < 4.78 is 0. The summed E-state index contributed by atoms with van der Waals surface area (Å²) in [5.74, 6) is -1.55. The molecule has 1 aromatic rings. The minimum Gasteiger partial charge on any atom is -0.481 e. The van der Waals surface area contributed by atoms with Crippen molar-refractivity contribution < 1.29 is 14.7 Å². The molecule has 1 atom stereocenters. The molecule has 1 rings (SSSR count). The van der Waals surface area contributed by atoms with Crippen molar-refractivity contribution in [2.75, 3.05) is 0 Å².